The summed E-state index contributed by atoms with van der Waals surface area (Å²) < 4.78 is 12.6. The Morgan fingerprint density at radius 3 is 2.47 bits per heavy atom. The Morgan fingerprint density at radius 1 is 0.974 bits per heavy atom. The molecular formula is C30H30N4O4. The van der Waals surface area contributed by atoms with Gasteiger partial charge >= 0.3 is 0 Å². The highest BCUT2D eigenvalue weighted by Crippen LogP contribution is 2.33. The van der Waals surface area contributed by atoms with E-state index >= 15 is 0 Å². The van der Waals surface area contributed by atoms with Crippen molar-refractivity contribution in [3.63, 3.8) is 0 Å². The van der Waals surface area contributed by atoms with E-state index in [1.165, 1.54) is 10.5 Å². The lowest BCUT2D eigenvalue weighted by molar-refractivity contribution is -0.117. The van der Waals surface area contributed by atoms with E-state index in [9.17, 15) is 9.59 Å². The highest BCUT2D eigenvalue weighted by molar-refractivity contribution is 5.99. The topological polar surface area (TPSA) is 85.7 Å². The minimum absolute atomic E-state index is 0.126. The maximum Gasteiger partial charge on any atom is 0.254 e. The van der Waals surface area contributed by atoms with Crippen molar-refractivity contribution in [3.8, 4) is 28.4 Å². The van der Waals surface area contributed by atoms with Crippen molar-refractivity contribution in [2.24, 2.45) is 0 Å². The Labute approximate surface area is 221 Å². The zero-order valence-electron chi connectivity index (χ0n) is 21.9. The first-order chi connectivity index (χ1) is 18.3. The molecule has 4 aromatic rings. The van der Waals surface area contributed by atoms with Gasteiger partial charge in [0.2, 0.25) is 18.6 Å². The first kappa shape index (κ1) is 25.1. The molecule has 3 aromatic carbocycles. The second-order valence-corrected chi connectivity index (χ2v) is 9.60. The Balaban J connectivity index is 1.41. The van der Waals surface area contributed by atoms with Crippen LogP contribution in [-0.2, 0) is 4.79 Å². The molecule has 0 bridgehead atoms. The number of benzene rings is 3. The summed E-state index contributed by atoms with van der Waals surface area (Å²) in [7, 11) is 0. The van der Waals surface area contributed by atoms with Gasteiger partial charge in [0.05, 0.1) is 5.69 Å². The van der Waals surface area contributed by atoms with Crippen molar-refractivity contribution in [2.75, 3.05) is 18.7 Å². The molecule has 194 valence electrons. The van der Waals surface area contributed by atoms with Gasteiger partial charge in [0, 0.05) is 29.1 Å². The average molecular weight is 511 g/mol. The van der Waals surface area contributed by atoms with Gasteiger partial charge in [0.15, 0.2) is 11.5 Å². The van der Waals surface area contributed by atoms with Gasteiger partial charge in [-0.25, -0.2) is 4.98 Å². The number of nitrogens with zero attached hydrogens (tertiary/aromatic N) is 3. The largest absolute Gasteiger partial charge is 0.454 e. The van der Waals surface area contributed by atoms with Crippen LogP contribution in [0.2, 0.25) is 0 Å². The average Bonchev–Trinajstić information content (AvgIpc) is 3.55. The van der Waals surface area contributed by atoms with Crippen LogP contribution in [0.15, 0.2) is 72.9 Å². The molecule has 1 aliphatic rings. The molecule has 38 heavy (non-hydrogen) atoms. The first-order valence-electron chi connectivity index (χ1n) is 12.5. The number of hydrogen-bond donors (Lipinski definition) is 1. The number of amides is 2. The van der Waals surface area contributed by atoms with E-state index in [4.69, 9.17) is 14.5 Å². The van der Waals surface area contributed by atoms with E-state index in [0.717, 1.165) is 22.5 Å². The smallest absolute Gasteiger partial charge is 0.254 e. The van der Waals surface area contributed by atoms with Gasteiger partial charge in [0.25, 0.3) is 5.91 Å². The third-order valence-electron chi connectivity index (χ3n) is 6.61. The molecule has 2 amide bonds. The van der Waals surface area contributed by atoms with E-state index in [-0.39, 0.29) is 31.2 Å². The quantitative estimate of drug-likeness (QED) is 0.361. The molecule has 0 atom stereocenters. The minimum atomic E-state index is -0.344. The van der Waals surface area contributed by atoms with Crippen molar-refractivity contribution >= 4 is 17.8 Å². The predicted molar refractivity (Wildman–Crippen MR) is 146 cm³/mol. The molecule has 0 fully saturated rings. The predicted octanol–water partition coefficient (Wildman–Crippen LogP) is 5.37. The molecule has 8 nitrogen and oxygen atoms in total. The van der Waals surface area contributed by atoms with Crippen molar-refractivity contribution in [2.45, 2.75) is 33.7 Å². The molecule has 0 unspecified atom stereocenters. The fourth-order valence-electron chi connectivity index (χ4n) is 4.29. The molecule has 0 spiro atoms. The van der Waals surface area contributed by atoms with Crippen LogP contribution in [0.25, 0.3) is 16.9 Å². The van der Waals surface area contributed by atoms with Crippen LogP contribution >= 0.6 is 0 Å². The number of aromatic nitrogens is 2. The maximum absolute atomic E-state index is 13.3. The van der Waals surface area contributed by atoms with Gasteiger partial charge in [-0.2, -0.15) is 0 Å². The second kappa shape index (κ2) is 10.4. The van der Waals surface area contributed by atoms with Crippen LogP contribution in [0, 0.1) is 13.8 Å². The van der Waals surface area contributed by atoms with E-state index < -0.39 is 0 Å². The number of imidazole rings is 1. The SMILES string of the molecule is Cc1ccc(-n2cc(-c3ccccc3)nc2NC(=O)CN(C(=O)c2ccc3c(c2)OCO3)C(C)C)cc1C. The molecule has 0 saturated carbocycles. The molecule has 1 N–H and O–H groups in total. The van der Waals surface area contributed by atoms with E-state index in [0.29, 0.717) is 23.0 Å². The number of nitrogens with one attached hydrogen (secondary N) is 1. The monoisotopic (exact) mass is 510 g/mol. The van der Waals surface area contributed by atoms with Gasteiger partial charge in [-0.05, 0) is 69.2 Å². The number of rotatable bonds is 7. The third-order valence-corrected chi connectivity index (χ3v) is 6.61. The molecule has 8 heteroatoms. The molecule has 5 rings (SSSR count). The van der Waals surface area contributed by atoms with Crippen LogP contribution in [-0.4, -0.2) is 45.6 Å². The Morgan fingerprint density at radius 2 is 1.74 bits per heavy atom. The van der Waals surface area contributed by atoms with Gasteiger partial charge in [0.1, 0.15) is 6.54 Å². The number of carbonyl (C=O) groups is 2. The van der Waals surface area contributed by atoms with E-state index in [2.05, 4.69) is 18.3 Å². The van der Waals surface area contributed by atoms with Gasteiger partial charge in [-0.15, -0.1) is 0 Å². The second-order valence-electron chi connectivity index (χ2n) is 9.60. The zero-order valence-corrected chi connectivity index (χ0v) is 21.9. The lowest BCUT2D eigenvalue weighted by Gasteiger charge is -2.26. The normalized spacial score (nSPS) is 12.0. The highest BCUT2D eigenvalue weighted by atomic mass is 16.7. The number of carbonyl (C=O) groups excluding carboxylic acids is 2. The number of aryl methyl sites for hydroxylation is 2. The lowest BCUT2D eigenvalue weighted by atomic mass is 10.1. The molecule has 1 aliphatic heterocycles. The van der Waals surface area contributed by atoms with Crippen molar-refractivity contribution in [1.82, 2.24) is 14.5 Å². The molecule has 0 radical (unpaired) electrons. The summed E-state index contributed by atoms with van der Waals surface area (Å²) >= 11 is 0. The molecule has 2 heterocycles. The summed E-state index contributed by atoms with van der Waals surface area (Å²) in [4.78, 5) is 32.9. The summed E-state index contributed by atoms with van der Waals surface area (Å²) in [6, 6.07) is 20.7. The van der Waals surface area contributed by atoms with Gasteiger partial charge in [-0.1, -0.05) is 36.4 Å². The Hall–Kier alpha value is -4.59. The summed E-state index contributed by atoms with van der Waals surface area (Å²) in [5.74, 6) is 0.894. The number of hydrogen-bond acceptors (Lipinski definition) is 5. The van der Waals surface area contributed by atoms with Crippen LogP contribution in [0.1, 0.15) is 35.3 Å². The maximum atomic E-state index is 13.3. The van der Waals surface area contributed by atoms with Crippen molar-refractivity contribution < 1.29 is 19.1 Å². The Kier molecular flexibility index (Phi) is 6.87. The Bertz CT molecular complexity index is 1490. The molecular weight excluding hydrogens is 480 g/mol. The lowest BCUT2D eigenvalue weighted by Crippen LogP contribution is -2.42. The molecule has 0 saturated heterocycles. The molecule has 0 aliphatic carbocycles. The minimum Gasteiger partial charge on any atom is -0.454 e. The highest BCUT2D eigenvalue weighted by Gasteiger charge is 2.25. The fourth-order valence-corrected chi connectivity index (χ4v) is 4.29. The summed E-state index contributed by atoms with van der Waals surface area (Å²) in [6.45, 7) is 7.85. The van der Waals surface area contributed by atoms with Gasteiger partial charge < -0.3 is 14.4 Å². The summed E-state index contributed by atoms with van der Waals surface area (Å²) in [6.07, 6.45) is 1.91. The van der Waals surface area contributed by atoms with Crippen LogP contribution in [0.3, 0.4) is 0 Å². The summed E-state index contributed by atoms with van der Waals surface area (Å²) in [5.41, 5.74) is 5.30. The number of fused-ring (bicyclic) bond motifs is 1. The van der Waals surface area contributed by atoms with E-state index in [1.54, 1.807) is 18.2 Å². The summed E-state index contributed by atoms with van der Waals surface area (Å²) in [5, 5.41) is 2.94. The van der Waals surface area contributed by atoms with Crippen LogP contribution in [0.5, 0.6) is 11.5 Å². The van der Waals surface area contributed by atoms with Crippen LogP contribution in [0.4, 0.5) is 5.95 Å². The van der Waals surface area contributed by atoms with Crippen molar-refractivity contribution in [3.05, 3.63) is 89.6 Å². The van der Waals surface area contributed by atoms with Gasteiger partial charge in [-0.3, -0.25) is 19.5 Å². The van der Waals surface area contributed by atoms with Crippen molar-refractivity contribution in [1.29, 1.82) is 0 Å². The third kappa shape index (κ3) is 5.11. The standard InChI is InChI=1S/C30H30N4O4/c1-19(2)33(29(36)23-11-13-26-27(15-23)38-18-37-26)17-28(35)32-30-31-25(22-8-6-5-7-9-22)16-34(30)24-12-10-20(3)21(4)14-24/h5-16,19H,17-18H2,1-4H3,(H,31,32,35). The molecule has 1 aromatic heterocycles. The number of ether oxygens (including phenoxy) is 2. The van der Waals surface area contributed by atoms with E-state index in [1.807, 2.05) is 74.0 Å². The van der Waals surface area contributed by atoms with Crippen LogP contribution < -0.4 is 14.8 Å². The first-order valence-corrected chi connectivity index (χ1v) is 12.5. The fraction of sp³-hybridized carbons (Fsp3) is 0.233. The number of anilines is 1. The zero-order chi connectivity index (χ0) is 26.8.